The third-order valence-electron chi connectivity index (χ3n) is 3.77. The molecule has 0 amide bonds. The number of carbonyl (C=O) groups excluding carboxylic acids is 1. The van der Waals surface area contributed by atoms with Crippen LogP contribution in [-0.2, 0) is 0 Å². The number of H-pyrrole nitrogens is 1. The van der Waals surface area contributed by atoms with Crippen LogP contribution in [0.25, 0.3) is 0 Å². The first-order valence-corrected chi connectivity index (χ1v) is 7.08. The lowest BCUT2D eigenvalue weighted by molar-refractivity contribution is 0.0924. The van der Waals surface area contributed by atoms with E-state index in [-0.39, 0.29) is 5.78 Å². The molecule has 2 heterocycles. The molecular weight excluding hydrogens is 224 g/mol. The van der Waals surface area contributed by atoms with Crippen molar-refractivity contribution >= 4 is 5.78 Å². The standard InChI is InChI=1S/C15H24N2O/c1-12-10-14(13(2)16-12)15(18)11-17-8-6-4-3-5-7-9-17/h10,16H,3-9,11H2,1-2H3. The Morgan fingerprint density at radius 1 is 1.17 bits per heavy atom. The van der Waals surface area contributed by atoms with E-state index in [4.69, 9.17) is 0 Å². The van der Waals surface area contributed by atoms with Crippen molar-refractivity contribution in [3.8, 4) is 0 Å². The summed E-state index contributed by atoms with van der Waals surface area (Å²) in [5, 5.41) is 0. The van der Waals surface area contributed by atoms with Gasteiger partial charge in [-0.2, -0.15) is 0 Å². The molecule has 3 nitrogen and oxygen atoms in total. The molecule has 0 aromatic carbocycles. The van der Waals surface area contributed by atoms with Crippen LogP contribution in [0.2, 0.25) is 0 Å². The van der Waals surface area contributed by atoms with Crippen LogP contribution in [0.3, 0.4) is 0 Å². The second kappa shape index (κ2) is 6.19. The summed E-state index contributed by atoms with van der Waals surface area (Å²) in [5.41, 5.74) is 2.95. The lowest BCUT2D eigenvalue weighted by Gasteiger charge is -2.23. The number of hydrogen-bond donors (Lipinski definition) is 1. The smallest absolute Gasteiger partial charge is 0.178 e. The topological polar surface area (TPSA) is 36.1 Å². The summed E-state index contributed by atoms with van der Waals surface area (Å²) >= 11 is 0. The van der Waals surface area contributed by atoms with Crippen LogP contribution in [0.15, 0.2) is 6.07 Å². The molecule has 1 aliphatic rings. The molecule has 1 saturated heterocycles. The first-order chi connectivity index (χ1) is 8.66. The zero-order valence-corrected chi connectivity index (χ0v) is 11.6. The number of aryl methyl sites for hydroxylation is 2. The van der Waals surface area contributed by atoms with Crippen LogP contribution in [0, 0.1) is 13.8 Å². The monoisotopic (exact) mass is 248 g/mol. The van der Waals surface area contributed by atoms with Gasteiger partial charge in [0, 0.05) is 17.0 Å². The highest BCUT2D eigenvalue weighted by Crippen LogP contribution is 2.14. The predicted molar refractivity (Wildman–Crippen MR) is 74.1 cm³/mol. The van der Waals surface area contributed by atoms with Crippen molar-refractivity contribution in [2.24, 2.45) is 0 Å². The van der Waals surface area contributed by atoms with Gasteiger partial charge in [-0.3, -0.25) is 9.69 Å². The summed E-state index contributed by atoms with van der Waals surface area (Å²) in [6.07, 6.45) is 6.45. The minimum absolute atomic E-state index is 0.262. The Morgan fingerprint density at radius 3 is 2.33 bits per heavy atom. The number of rotatable bonds is 3. The Kier molecular flexibility index (Phi) is 4.59. The maximum Gasteiger partial charge on any atom is 0.178 e. The van der Waals surface area contributed by atoms with Gasteiger partial charge < -0.3 is 4.98 Å². The largest absolute Gasteiger partial charge is 0.362 e. The quantitative estimate of drug-likeness (QED) is 0.834. The van der Waals surface area contributed by atoms with Gasteiger partial charge in [0.1, 0.15) is 0 Å². The maximum absolute atomic E-state index is 12.3. The molecule has 18 heavy (non-hydrogen) atoms. The van der Waals surface area contributed by atoms with Gasteiger partial charge in [0.15, 0.2) is 5.78 Å². The Balaban J connectivity index is 1.95. The van der Waals surface area contributed by atoms with Gasteiger partial charge in [-0.05, 0) is 45.8 Å². The normalized spacial score (nSPS) is 18.3. The Hall–Kier alpha value is -1.09. The van der Waals surface area contributed by atoms with Crippen molar-refractivity contribution in [2.45, 2.75) is 46.0 Å². The highest BCUT2D eigenvalue weighted by atomic mass is 16.1. The molecule has 0 aliphatic carbocycles. The van der Waals surface area contributed by atoms with Gasteiger partial charge in [0.25, 0.3) is 0 Å². The van der Waals surface area contributed by atoms with E-state index in [1.54, 1.807) is 0 Å². The fourth-order valence-electron chi connectivity index (χ4n) is 2.77. The molecule has 100 valence electrons. The van der Waals surface area contributed by atoms with Crippen molar-refractivity contribution in [1.29, 1.82) is 0 Å². The van der Waals surface area contributed by atoms with Gasteiger partial charge in [0.05, 0.1) is 6.54 Å². The third-order valence-corrected chi connectivity index (χ3v) is 3.77. The van der Waals surface area contributed by atoms with Gasteiger partial charge in [-0.15, -0.1) is 0 Å². The Bertz CT molecular complexity index is 401. The van der Waals surface area contributed by atoms with E-state index in [0.717, 1.165) is 30.0 Å². The molecule has 1 fully saturated rings. The van der Waals surface area contributed by atoms with Crippen LogP contribution in [0.1, 0.15) is 53.8 Å². The number of hydrogen-bond acceptors (Lipinski definition) is 2. The van der Waals surface area contributed by atoms with Crippen LogP contribution in [-0.4, -0.2) is 35.3 Å². The highest BCUT2D eigenvalue weighted by Gasteiger charge is 2.16. The molecule has 0 bridgehead atoms. The Labute approximate surface area is 110 Å². The average molecular weight is 248 g/mol. The van der Waals surface area contributed by atoms with E-state index >= 15 is 0 Å². The molecule has 1 aromatic rings. The minimum atomic E-state index is 0.262. The number of carbonyl (C=O) groups is 1. The van der Waals surface area contributed by atoms with Crippen molar-refractivity contribution in [1.82, 2.24) is 9.88 Å². The maximum atomic E-state index is 12.3. The predicted octanol–water partition coefficient (Wildman–Crippen LogP) is 3.08. The molecule has 0 unspecified atom stereocenters. The van der Waals surface area contributed by atoms with E-state index in [0.29, 0.717) is 6.54 Å². The van der Waals surface area contributed by atoms with Crippen molar-refractivity contribution in [3.63, 3.8) is 0 Å². The van der Waals surface area contributed by atoms with Gasteiger partial charge in [-0.1, -0.05) is 19.3 Å². The number of nitrogens with zero attached hydrogens (tertiary/aromatic N) is 1. The summed E-state index contributed by atoms with van der Waals surface area (Å²) in [7, 11) is 0. The van der Waals surface area contributed by atoms with Gasteiger partial charge in [-0.25, -0.2) is 0 Å². The number of nitrogens with one attached hydrogen (secondary N) is 1. The number of likely N-dealkylation sites (tertiary alicyclic amines) is 1. The van der Waals surface area contributed by atoms with Crippen molar-refractivity contribution in [2.75, 3.05) is 19.6 Å². The van der Waals surface area contributed by atoms with Crippen molar-refractivity contribution in [3.05, 3.63) is 23.0 Å². The molecule has 1 N–H and O–H groups in total. The van der Waals surface area contributed by atoms with Gasteiger partial charge >= 0.3 is 0 Å². The lowest BCUT2D eigenvalue weighted by atomic mass is 10.1. The number of ketones is 1. The first kappa shape index (κ1) is 13.3. The number of Topliss-reactive ketones (excluding diaryl/α,β-unsaturated/α-hetero) is 1. The van der Waals surface area contributed by atoms with E-state index in [9.17, 15) is 4.79 Å². The van der Waals surface area contributed by atoms with E-state index in [1.165, 1.54) is 32.1 Å². The fraction of sp³-hybridized carbons (Fsp3) is 0.667. The number of aromatic amines is 1. The van der Waals surface area contributed by atoms with Crippen molar-refractivity contribution < 1.29 is 4.79 Å². The molecule has 0 radical (unpaired) electrons. The molecule has 3 heteroatoms. The average Bonchev–Trinajstić information content (AvgIpc) is 2.61. The molecule has 0 spiro atoms. The fourth-order valence-corrected chi connectivity index (χ4v) is 2.77. The first-order valence-electron chi connectivity index (χ1n) is 7.08. The molecule has 0 saturated carbocycles. The minimum Gasteiger partial charge on any atom is -0.362 e. The SMILES string of the molecule is Cc1cc(C(=O)CN2CCCCCCC2)c(C)[nH]1. The molecule has 2 rings (SSSR count). The molecule has 0 atom stereocenters. The Morgan fingerprint density at radius 2 is 1.78 bits per heavy atom. The van der Waals surface area contributed by atoms with E-state index in [1.807, 2.05) is 19.9 Å². The summed E-state index contributed by atoms with van der Waals surface area (Å²) in [4.78, 5) is 17.8. The molecule has 1 aromatic heterocycles. The third kappa shape index (κ3) is 3.45. The van der Waals surface area contributed by atoms with Crippen LogP contribution < -0.4 is 0 Å². The van der Waals surface area contributed by atoms with Gasteiger partial charge in [0.2, 0.25) is 0 Å². The second-order valence-corrected chi connectivity index (χ2v) is 5.46. The second-order valence-electron chi connectivity index (χ2n) is 5.46. The van der Waals surface area contributed by atoms with E-state index in [2.05, 4.69) is 9.88 Å². The summed E-state index contributed by atoms with van der Waals surface area (Å²) < 4.78 is 0. The highest BCUT2D eigenvalue weighted by molar-refractivity contribution is 5.98. The van der Waals surface area contributed by atoms with Crippen LogP contribution in [0.4, 0.5) is 0 Å². The molecular formula is C15H24N2O. The zero-order chi connectivity index (χ0) is 13.0. The van der Waals surface area contributed by atoms with E-state index < -0.39 is 0 Å². The summed E-state index contributed by atoms with van der Waals surface area (Å²) in [6.45, 7) is 6.72. The zero-order valence-electron chi connectivity index (χ0n) is 11.6. The number of aromatic nitrogens is 1. The summed E-state index contributed by atoms with van der Waals surface area (Å²) in [6, 6.07) is 1.97. The van der Waals surface area contributed by atoms with Crippen LogP contribution >= 0.6 is 0 Å². The molecule has 1 aliphatic heterocycles. The lowest BCUT2D eigenvalue weighted by Crippen LogP contribution is -2.32. The summed E-state index contributed by atoms with van der Waals surface area (Å²) in [5.74, 6) is 0.262. The van der Waals surface area contributed by atoms with Crippen LogP contribution in [0.5, 0.6) is 0 Å².